The molecule has 0 aliphatic carbocycles. The first kappa shape index (κ1) is 14.4. The molecular weight excluding hydrogens is 296 g/mol. The van der Waals surface area contributed by atoms with Gasteiger partial charge in [-0.15, -0.1) is 0 Å². The summed E-state index contributed by atoms with van der Waals surface area (Å²) in [6, 6.07) is 0. The highest BCUT2D eigenvalue weighted by Gasteiger charge is 2.29. The van der Waals surface area contributed by atoms with Gasteiger partial charge >= 0.3 is 5.97 Å². The molecular formula is C13H17ClN4O3. The van der Waals surface area contributed by atoms with Crippen molar-refractivity contribution in [2.45, 2.75) is 12.6 Å². The van der Waals surface area contributed by atoms with E-state index >= 15 is 0 Å². The van der Waals surface area contributed by atoms with E-state index in [0.717, 1.165) is 18.9 Å². The molecule has 1 saturated heterocycles. The highest BCUT2D eigenvalue weighted by atomic mass is 35.5. The molecule has 2 aliphatic rings. The van der Waals surface area contributed by atoms with E-state index in [0.29, 0.717) is 24.1 Å². The number of morpholine rings is 1. The van der Waals surface area contributed by atoms with Crippen LogP contribution in [0.15, 0.2) is 11.4 Å². The summed E-state index contributed by atoms with van der Waals surface area (Å²) in [5.41, 5.74) is 0.666. The molecule has 0 spiro atoms. The highest BCUT2D eigenvalue weighted by molar-refractivity contribution is 6.30. The molecule has 1 fully saturated rings. The molecule has 8 heteroatoms. The summed E-state index contributed by atoms with van der Waals surface area (Å²) < 4.78 is 11.9. The zero-order chi connectivity index (χ0) is 14.8. The molecule has 7 nitrogen and oxygen atoms in total. The minimum atomic E-state index is -0.309. The molecule has 1 unspecified atom stereocenters. The Balaban J connectivity index is 1.86. The second kappa shape index (κ2) is 6.05. The van der Waals surface area contributed by atoms with Gasteiger partial charge in [0.1, 0.15) is 11.3 Å². The zero-order valence-electron chi connectivity index (χ0n) is 11.7. The van der Waals surface area contributed by atoms with E-state index in [-0.39, 0.29) is 18.6 Å². The van der Waals surface area contributed by atoms with Crippen molar-refractivity contribution < 1.29 is 14.3 Å². The molecule has 1 atom stereocenters. The molecule has 3 rings (SSSR count). The molecule has 1 aromatic heterocycles. The summed E-state index contributed by atoms with van der Waals surface area (Å²) in [5.74, 6) is 0.511. The van der Waals surface area contributed by atoms with Crippen LogP contribution in [0, 0.1) is 0 Å². The first-order chi connectivity index (χ1) is 10.2. The van der Waals surface area contributed by atoms with Crippen molar-refractivity contribution in [2.24, 2.45) is 0 Å². The largest absolute Gasteiger partial charge is 0.469 e. The predicted octanol–water partition coefficient (Wildman–Crippen LogP) is 0.527. The average molecular weight is 313 g/mol. The number of halogens is 1. The summed E-state index contributed by atoms with van der Waals surface area (Å²) >= 11 is 6.15. The predicted molar refractivity (Wildman–Crippen MR) is 76.3 cm³/mol. The van der Waals surface area contributed by atoms with Crippen molar-refractivity contribution in [2.75, 3.05) is 33.4 Å². The van der Waals surface area contributed by atoms with Crippen LogP contribution in [0.3, 0.4) is 0 Å². The Bertz CT molecular complexity index is 566. The number of hydrogen-bond donors (Lipinski definition) is 1. The molecule has 1 aromatic rings. The van der Waals surface area contributed by atoms with E-state index in [2.05, 4.69) is 19.9 Å². The van der Waals surface area contributed by atoms with Gasteiger partial charge in [-0.1, -0.05) is 11.6 Å². The lowest BCUT2D eigenvalue weighted by molar-refractivity contribution is -0.139. The second-order valence-corrected chi connectivity index (χ2v) is 5.33. The number of nitrogens with one attached hydrogen (secondary N) is 1. The van der Waals surface area contributed by atoms with Crippen molar-refractivity contribution in [1.29, 1.82) is 0 Å². The van der Waals surface area contributed by atoms with Crippen molar-refractivity contribution in [1.82, 2.24) is 19.8 Å². The lowest BCUT2D eigenvalue weighted by Gasteiger charge is -2.36. The number of hydrogen-bond acceptors (Lipinski definition) is 6. The summed E-state index contributed by atoms with van der Waals surface area (Å²) in [6.07, 6.45) is 3.60. The third-order valence-electron chi connectivity index (χ3n) is 3.55. The van der Waals surface area contributed by atoms with Gasteiger partial charge in [-0.2, -0.15) is 0 Å². The van der Waals surface area contributed by atoms with E-state index < -0.39 is 0 Å². The monoisotopic (exact) mass is 312 g/mol. The molecule has 0 aromatic carbocycles. The number of imidazole rings is 1. The van der Waals surface area contributed by atoms with Crippen molar-refractivity contribution >= 4 is 23.8 Å². The Morgan fingerprint density at radius 1 is 1.57 bits per heavy atom. The number of carbonyl (C=O) groups excluding carboxylic acids is 1. The van der Waals surface area contributed by atoms with Gasteiger partial charge < -0.3 is 19.4 Å². The number of aromatic nitrogens is 2. The first-order valence-electron chi connectivity index (χ1n) is 6.77. The van der Waals surface area contributed by atoms with Gasteiger partial charge in [-0.05, 0) is 0 Å². The SMILES string of the molecule is COC(=O)Cc1cn2c(n1)C(N1CCOCC1)NC(Cl)=C2. The summed E-state index contributed by atoms with van der Waals surface area (Å²) in [5, 5.41) is 3.76. The lowest BCUT2D eigenvalue weighted by atomic mass is 10.3. The molecule has 2 aliphatic heterocycles. The number of methoxy groups -OCH3 is 1. The van der Waals surface area contributed by atoms with Crippen LogP contribution in [0.4, 0.5) is 0 Å². The van der Waals surface area contributed by atoms with Crippen LogP contribution in [0.25, 0.3) is 6.20 Å². The van der Waals surface area contributed by atoms with E-state index in [4.69, 9.17) is 16.3 Å². The number of ether oxygens (including phenoxy) is 2. The number of carbonyl (C=O) groups is 1. The number of nitrogens with zero attached hydrogens (tertiary/aromatic N) is 3. The van der Waals surface area contributed by atoms with Gasteiger partial charge in [0.2, 0.25) is 0 Å². The van der Waals surface area contributed by atoms with Gasteiger partial charge in [-0.3, -0.25) is 9.69 Å². The number of rotatable bonds is 3. The molecule has 0 amide bonds. The number of fused-ring (bicyclic) bond motifs is 1. The van der Waals surface area contributed by atoms with Crippen LogP contribution in [-0.2, 0) is 20.7 Å². The Morgan fingerprint density at radius 2 is 2.33 bits per heavy atom. The van der Waals surface area contributed by atoms with E-state index in [9.17, 15) is 4.79 Å². The van der Waals surface area contributed by atoms with E-state index in [1.165, 1.54) is 7.11 Å². The molecule has 21 heavy (non-hydrogen) atoms. The first-order valence-corrected chi connectivity index (χ1v) is 7.15. The molecule has 1 N–H and O–H groups in total. The van der Waals surface area contributed by atoms with Crippen LogP contribution in [0.5, 0.6) is 0 Å². The van der Waals surface area contributed by atoms with Gasteiger partial charge in [0.05, 0.1) is 32.4 Å². The van der Waals surface area contributed by atoms with Crippen LogP contribution < -0.4 is 5.32 Å². The minimum absolute atomic E-state index is 0.113. The fourth-order valence-corrected chi connectivity index (χ4v) is 2.72. The van der Waals surface area contributed by atoms with Gasteiger partial charge in [0.25, 0.3) is 0 Å². The Labute approximate surface area is 127 Å². The highest BCUT2D eigenvalue weighted by Crippen LogP contribution is 2.26. The fraction of sp³-hybridized carbons (Fsp3) is 0.538. The van der Waals surface area contributed by atoms with Gasteiger partial charge in [-0.25, -0.2) is 4.98 Å². The molecule has 0 radical (unpaired) electrons. The third-order valence-corrected chi connectivity index (χ3v) is 3.75. The maximum Gasteiger partial charge on any atom is 0.311 e. The van der Waals surface area contributed by atoms with E-state index in [1.54, 1.807) is 6.20 Å². The van der Waals surface area contributed by atoms with Crippen molar-refractivity contribution in [3.63, 3.8) is 0 Å². The normalized spacial score (nSPS) is 22.2. The van der Waals surface area contributed by atoms with Crippen molar-refractivity contribution in [3.05, 3.63) is 22.9 Å². The Hall–Kier alpha value is -1.57. The minimum Gasteiger partial charge on any atom is -0.469 e. The lowest BCUT2D eigenvalue weighted by Crippen LogP contribution is -2.46. The Kier molecular flexibility index (Phi) is 4.14. The maximum atomic E-state index is 11.4. The van der Waals surface area contributed by atoms with Crippen molar-refractivity contribution in [3.8, 4) is 0 Å². The topological polar surface area (TPSA) is 68.6 Å². The average Bonchev–Trinajstić information content (AvgIpc) is 2.89. The summed E-state index contributed by atoms with van der Waals surface area (Å²) in [4.78, 5) is 18.2. The molecule has 114 valence electrons. The van der Waals surface area contributed by atoms with Gasteiger partial charge in [0.15, 0.2) is 5.82 Å². The smallest absolute Gasteiger partial charge is 0.311 e. The maximum absolute atomic E-state index is 11.4. The standard InChI is InChI=1S/C13H17ClN4O3/c1-20-11(19)6-9-7-18-8-10(14)16-13(12(18)15-9)17-2-4-21-5-3-17/h7-8,13,16H,2-6H2,1H3. The fourth-order valence-electron chi connectivity index (χ4n) is 2.52. The number of esters is 1. The van der Waals surface area contributed by atoms with E-state index in [1.807, 2.05) is 10.8 Å². The van der Waals surface area contributed by atoms with Crippen LogP contribution in [0.2, 0.25) is 0 Å². The quantitative estimate of drug-likeness (QED) is 0.648. The molecule has 0 bridgehead atoms. The zero-order valence-corrected chi connectivity index (χ0v) is 12.5. The summed E-state index contributed by atoms with van der Waals surface area (Å²) in [7, 11) is 1.37. The molecule has 0 saturated carbocycles. The van der Waals surface area contributed by atoms with Gasteiger partial charge in [0, 0.05) is 25.5 Å². The summed E-state index contributed by atoms with van der Waals surface area (Å²) in [6.45, 7) is 2.99. The van der Waals surface area contributed by atoms with Crippen LogP contribution >= 0.6 is 11.6 Å². The van der Waals surface area contributed by atoms with Crippen LogP contribution in [0.1, 0.15) is 17.7 Å². The third kappa shape index (κ3) is 3.04. The van der Waals surface area contributed by atoms with Crippen LogP contribution in [-0.4, -0.2) is 53.8 Å². The Morgan fingerprint density at radius 3 is 3.05 bits per heavy atom. The second-order valence-electron chi connectivity index (χ2n) is 4.92. The molecule has 3 heterocycles.